The monoisotopic (exact) mass is 364 g/mol. The summed E-state index contributed by atoms with van der Waals surface area (Å²) in [5.74, 6) is 0.108. The van der Waals surface area contributed by atoms with E-state index in [0.29, 0.717) is 5.03 Å². The Bertz CT molecular complexity index is 867. The molecule has 1 aromatic heterocycles. The van der Waals surface area contributed by atoms with Gasteiger partial charge in [-0.3, -0.25) is 4.79 Å². The van der Waals surface area contributed by atoms with E-state index in [2.05, 4.69) is 29.6 Å². The number of hydrogen-bond acceptors (Lipinski definition) is 3. The Morgan fingerprint density at radius 1 is 1.00 bits per heavy atom. The molecule has 1 unspecified atom stereocenters. The minimum absolute atomic E-state index is 0.0944. The van der Waals surface area contributed by atoms with Crippen LogP contribution in [0.1, 0.15) is 18.5 Å². The number of carbonyl (C=O) groups excluding carboxylic acids is 1. The normalized spacial score (nSPS) is 11.7. The first-order valence-electron chi connectivity index (χ1n) is 8.39. The standard InChI is InChI=1S/C21H20N2O2S/c1-16(22-20(24)15-26-21-9-5-6-14-23(21)25)17-10-12-19(13-11-17)18-7-3-2-4-8-18/h2-14,16H,15H2,1H3,(H,22,24). The van der Waals surface area contributed by atoms with E-state index in [0.717, 1.165) is 15.9 Å². The molecule has 5 heteroatoms. The first-order valence-corrected chi connectivity index (χ1v) is 9.38. The van der Waals surface area contributed by atoms with Crippen LogP contribution in [-0.2, 0) is 4.79 Å². The van der Waals surface area contributed by atoms with Crippen LogP contribution in [0.3, 0.4) is 0 Å². The Kier molecular flexibility index (Phi) is 5.92. The molecule has 1 N–H and O–H groups in total. The van der Waals surface area contributed by atoms with Crippen molar-refractivity contribution in [2.45, 2.75) is 18.0 Å². The van der Waals surface area contributed by atoms with Gasteiger partial charge < -0.3 is 10.5 Å². The number of hydrogen-bond donors (Lipinski definition) is 1. The van der Waals surface area contributed by atoms with Crippen LogP contribution in [0.4, 0.5) is 0 Å². The van der Waals surface area contributed by atoms with Crippen molar-refractivity contribution in [1.29, 1.82) is 0 Å². The maximum atomic E-state index is 12.2. The summed E-state index contributed by atoms with van der Waals surface area (Å²) in [6.07, 6.45) is 1.43. The Hall–Kier alpha value is -2.79. The second-order valence-electron chi connectivity index (χ2n) is 5.93. The van der Waals surface area contributed by atoms with Crippen LogP contribution in [-0.4, -0.2) is 11.7 Å². The zero-order valence-electron chi connectivity index (χ0n) is 14.5. The number of aromatic nitrogens is 1. The van der Waals surface area contributed by atoms with E-state index >= 15 is 0 Å². The molecule has 132 valence electrons. The van der Waals surface area contributed by atoms with E-state index in [9.17, 15) is 10.0 Å². The van der Waals surface area contributed by atoms with Gasteiger partial charge >= 0.3 is 0 Å². The largest absolute Gasteiger partial charge is 0.618 e. The third-order valence-corrected chi connectivity index (χ3v) is 5.05. The molecule has 0 aliphatic rings. The topological polar surface area (TPSA) is 56.0 Å². The molecule has 26 heavy (non-hydrogen) atoms. The lowest BCUT2D eigenvalue weighted by atomic mass is 10.0. The van der Waals surface area contributed by atoms with Crippen LogP contribution in [0.15, 0.2) is 84.0 Å². The minimum atomic E-state index is -0.0986. The molecule has 1 atom stereocenters. The third kappa shape index (κ3) is 4.64. The number of amides is 1. The van der Waals surface area contributed by atoms with E-state index in [-0.39, 0.29) is 17.7 Å². The number of thioether (sulfide) groups is 1. The highest BCUT2D eigenvalue weighted by atomic mass is 32.2. The number of carbonyl (C=O) groups is 1. The lowest BCUT2D eigenvalue weighted by Crippen LogP contribution is -2.31. The van der Waals surface area contributed by atoms with Crippen LogP contribution < -0.4 is 10.0 Å². The molecule has 0 radical (unpaired) electrons. The lowest BCUT2D eigenvalue weighted by Gasteiger charge is -2.15. The zero-order chi connectivity index (χ0) is 18.4. The number of nitrogens with zero attached hydrogens (tertiary/aromatic N) is 1. The third-order valence-electron chi connectivity index (χ3n) is 4.04. The Balaban J connectivity index is 1.56. The molecule has 0 fully saturated rings. The highest BCUT2D eigenvalue weighted by Gasteiger charge is 2.12. The van der Waals surface area contributed by atoms with Gasteiger partial charge in [0, 0.05) is 12.1 Å². The van der Waals surface area contributed by atoms with Crippen molar-refractivity contribution in [1.82, 2.24) is 5.32 Å². The summed E-state index contributed by atoms with van der Waals surface area (Å²) in [5.41, 5.74) is 3.36. The van der Waals surface area contributed by atoms with Gasteiger partial charge in [-0.05, 0) is 41.4 Å². The lowest BCUT2D eigenvalue weighted by molar-refractivity contribution is -0.645. The van der Waals surface area contributed by atoms with Crippen molar-refractivity contribution in [2.24, 2.45) is 0 Å². The molecule has 0 spiro atoms. The van der Waals surface area contributed by atoms with Gasteiger partial charge in [-0.25, -0.2) is 0 Å². The molecule has 0 saturated heterocycles. The van der Waals surface area contributed by atoms with E-state index in [4.69, 9.17) is 0 Å². The fourth-order valence-corrected chi connectivity index (χ4v) is 3.35. The quantitative estimate of drug-likeness (QED) is 0.409. The predicted molar refractivity (Wildman–Crippen MR) is 105 cm³/mol. The van der Waals surface area contributed by atoms with Crippen LogP contribution in [0.25, 0.3) is 11.1 Å². The summed E-state index contributed by atoms with van der Waals surface area (Å²) in [7, 11) is 0. The molecular weight excluding hydrogens is 344 g/mol. The molecule has 0 aliphatic heterocycles. The zero-order valence-corrected chi connectivity index (χ0v) is 15.3. The first kappa shape index (κ1) is 18.0. The average Bonchev–Trinajstić information content (AvgIpc) is 2.68. The van der Waals surface area contributed by atoms with Gasteiger partial charge in [-0.1, -0.05) is 54.6 Å². The van der Waals surface area contributed by atoms with E-state index in [1.165, 1.54) is 23.5 Å². The molecule has 2 aromatic carbocycles. The van der Waals surface area contributed by atoms with Crippen molar-refractivity contribution in [3.05, 3.63) is 89.8 Å². The van der Waals surface area contributed by atoms with E-state index in [1.54, 1.807) is 18.2 Å². The van der Waals surface area contributed by atoms with E-state index in [1.807, 2.05) is 37.3 Å². The average molecular weight is 364 g/mol. The second kappa shape index (κ2) is 8.54. The minimum Gasteiger partial charge on any atom is -0.618 e. The van der Waals surface area contributed by atoms with Crippen LogP contribution in [0.5, 0.6) is 0 Å². The van der Waals surface area contributed by atoms with Gasteiger partial charge in [-0.15, -0.1) is 0 Å². The fraction of sp³-hybridized carbons (Fsp3) is 0.143. The first-order chi connectivity index (χ1) is 12.6. The summed E-state index contributed by atoms with van der Waals surface area (Å²) >= 11 is 1.23. The molecule has 0 bridgehead atoms. The number of benzene rings is 2. The van der Waals surface area contributed by atoms with Gasteiger partial charge in [0.2, 0.25) is 5.91 Å². The molecule has 4 nitrogen and oxygen atoms in total. The predicted octanol–water partition coefficient (Wildman–Crippen LogP) is 3.96. The van der Waals surface area contributed by atoms with Crippen molar-refractivity contribution in [3.8, 4) is 11.1 Å². The number of rotatable bonds is 6. The summed E-state index contributed by atoms with van der Waals surface area (Å²) in [6.45, 7) is 1.95. The summed E-state index contributed by atoms with van der Waals surface area (Å²) in [6, 6.07) is 23.4. The van der Waals surface area contributed by atoms with Gasteiger partial charge in [0.05, 0.1) is 11.8 Å². The van der Waals surface area contributed by atoms with E-state index < -0.39 is 0 Å². The molecule has 3 rings (SSSR count). The summed E-state index contributed by atoms with van der Waals surface area (Å²) < 4.78 is 0.768. The molecular formula is C21H20N2O2S. The SMILES string of the molecule is CC(NC(=O)CSc1cccc[n+]1[O-])c1ccc(-c2ccccc2)cc1. The van der Waals surface area contributed by atoms with Crippen molar-refractivity contribution in [2.75, 3.05) is 5.75 Å². The van der Waals surface area contributed by atoms with Gasteiger partial charge in [0.15, 0.2) is 6.20 Å². The van der Waals surface area contributed by atoms with Crippen LogP contribution in [0, 0.1) is 5.21 Å². The smallest absolute Gasteiger partial charge is 0.251 e. The highest BCUT2D eigenvalue weighted by molar-refractivity contribution is 7.99. The molecule has 0 saturated carbocycles. The maximum absolute atomic E-state index is 12.2. The molecule has 3 aromatic rings. The van der Waals surface area contributed by atoms with Gasteiger partial charge in [0.1, 0.15) is 0 Å². The number of pyridine rings is 1. The Morgan fingerprint density at radius 2 is 1.65 bits per heavy atom. The van der Waals surface area contributed by atoms with Gasteiger partial charge in [-0.2, -0.15) is 4.73 Å². The summed E-state index contributed by atoms with van der Waals surface area (Å²) in [4.78, 5) is 12.2. The molecule has 1 amide bonds. The molecule has 1 heterocycles. The Labute approximate surface area is 157 Å². The van der Waals surface area contributed by atoms with Gasteiger partial charge in [0.25, 0.3) is 5.03 Å². The second-order valence-corrected chi connectivity index (χ2v) is 6.93. The molecule has 0 aliphatic carbocycles. The fourth-order valence-electron chi connectivity index (χ4n) is 2.63. The van der Waals surface area contributed by atoms with Crippen molar-refractivity contribution < 1.29 is 9.52 Å². The van der Waals surface area contributed by atoms with Crippen LogP contribution in [0.2, 0.25) is 0 Å². The summed E-state index contributed by atoms with van der Waals surface area (Å²) in [5, 5.41) is 15.1. The van der Waals surface area contributed by atoms with Crippen LogP contribution >= 0.6 is 11.8 Å². The van der Waals surface area contributed by atoms with Crippen molar-refractivity contribution >= 4 is 17.7 Å². The maximum Gasteiger partial charge on any atom is 0.251 e. The highest BCUT2D eigenvalue weighted by Crippen LogP contribution is 2.22. The van der Waals surface area contributed by atoms with Crippen molar-refractivity contribution in [3.63, 3.8) is 0 Å². The number of nitrogens with one attached hydrogen (secondary N) is 1. The Morgan fingerprint density at radius 3 is 2.35 bits per heavy atom.